The van der Waals surface area contributed by atoms with Crippen LogP contribution in [-0.2, 0) is 23.4 Å². The van der Waals surface area contributed by atoms with Crippen molar-refractivity contribution in [3.63, 3.8) is 0 Å². The molecule has 2 bridgehead atoms. The minimum absolute atomic E-state index is 0.00290. The van der Waals surface area contributed by atoms with Crippen molar-refractivity contribution in [1.29, 1.82) is 0 Å². The summed E-state index contributed by atoms with van der Waals surface area (Å²) in [6, 6.07) is 2.98. The molecule has 3 aromatic heterocycles. The van der Waals surface area contributed by atoms with Crippen molar-refractivity contribution in [2.24, 2.45) is 0 Å². The molecule has 0 unspecified atom stereocenters. The molecule has 11 heteroatoms. The van der Waals surface area contributed by atoms with Crippen LogP contribution in [0.5, 0.6) is 11.6 Å². The third kappa shape index (κ3) is 3.33. The van der Waals surface area contributed by atoms with Crippen molar-refractivity contribution in [3.05, 3.63) is 52.1 Å². The normalized spacial score (nSPS) is 30.2. The minimum atomic E-state index is -1.54. The van der Waals surface area contributed by atoms with E-state index in [1.54, 1.807) is 12.3 Å². The van der Waals surface area contributed by atoms with Gasteiger partial charge in [-0.2, -0.15) is 4.98 Å². The highest BCUT2D eigenvalue weighted by Gasteiger charge is 2.55. The lowest BCUT2D eigenvalue weighted by atomic mass is 9.67. The predicted molar refractivity (Wildman–Crippen MR) is 124 cm³/mol. The number of nitrogens with one attached hydrogen (secondary N) is 1. The van der Waals surface area contributed by atoms with Crippen molar-refractivity contribution in [2.75, 3.05) is 19.8 Å². The van der Waals surface area contributed by atoms with E-state index < -0.39 is 17.0 Å². The van der Waals surface area contributed by atoms with E-state index in [1.165, 1.54) is 10.6 Å². The Morgan fingerprint density at radius 1 is 1.11 bits per heavy atom. The van der Waals surface area contributed by atoms with E-state index >= 15 is 0 Å². The second kappa shape index (κ2) is 7.67. The minimum Gasteiger partial charge on any atom is -0.483 e. The number of ether oxygens (including phenoxy) is 3. The van der Waals surface area contributed by atoms with Gasteiger partial charge >= 0.3 is 0 Å². The number of nitrogens with zero attached hydrogens (tertiary/aromatic N) is 4. The SMILES string of the molecule is O=c1ccc2ncc(F)c3c2n1C[C@@]3(O)CC12CCC(NCc3ncc4c(n3)OCCO4)(CC1)CO2. The molecule has 1 aliphatic carbocycles. The summed E-state index contributed by atoms with van der Waals surface area (Å²) in [5.41, 5.74) is -1.59. The van der Waals surface area contributed by atoms with E-state index in [2.05, 4.69) is 20.3 Å². The molecule has 0 aromatic carbocycles. The summed E-state index contributed by atoms with van der Waals surface area (Å²) < 4.78 is 33.9. The van der Waals surface area contributed by atoms with Crippen molar-refractivity contribution in [1.82, 2.24) is 24.8 Å². The fourth-order valence-electron chi connectivity index (χ4n) is 6.31. The summed E-state index contributed by atoms with van der Waals surface area (Å²) in [7, 11) is 0. The van der Waals surface area contributed by atoms with Gasteiger partial charge in [-0.05, 0) is 31.7 Å². The average molecular weight is 496 g/mol. The van der Waals surface area contributed by atoms with Crippen LogP contribution in [0.1, 0.15) is 43.5 Å². The molecule has 3 aromatic rings. The molecule has 0 amide bonds. The quantitative estimate of drug-likeness (QED) is 0.543. The van der Waals surface area contributed by atoms with Gasteiger partial charge in [-0.25, -0.2) is 9.37 Å². The molecule has 36 heavy (non-hydrogen) atoms. The van der Waals surface area contributed by atoms with Crippen LogP contribution in [0.4, 0.5) is 4.39 Å². The Kier molecular flexibility index (Phi) is 4.71. The summed E-state index contributed by atoms with van der Waals surface area (Å²) in [6.07, 6.45) is 6.09. The standard InChI is InChI=1S/C25H26FN5O5/c26-15-9-27-16-1-2-19(32)31-13-25(33,20(15)21(16)31)12-24-5-3-23(4-6-24,14-36-24)29-11-18-28-10-17-22(30-18)35-8-7-34-17/h1-2,9-10,29,33H,3-8,11-14H2/t23?,24?,25-/m0/s1. The molecular formula is C25H26FN5O5. The topological polar surface area (TPSA) is 121 Å². The predicted octanol–water partition coefficient (Wildman–Crippen LogP) is 1.56. The maximum absolute atomic E-state index is 15.0. The summed E-state index contributed by atoms with van der Waals surface area (Å²) in [4.78, 5) is 25.4. The molecular weight excluding hydrogens is 469 g/mol. The Labute approximate surface area is 205 Å². The number of halogens is 1. The van der Waals surface area contributed by atoms with Crippen LogP contribution in [0.25, 0.3) is 11.0 Å². The van der Waals surface area contributed by atoms with E-state index in [9.17, 15) is 14.3 Å². The Balaban J connectivity index is 1.08. The summed E-state index contributed by atoms with van der Waals surface area (Å²) in [6.45, 7) is 1.89. The Morgan fingerprint density at radius 3 is 2.75 bits per heavy atom. The van der Waals surface area contributed by atoms with Crippen LogP contribution >= 0.6 is 0 Å². The highest BCUT2D eigenvalue weighted by atomic mass is 19.1. The van der Waals surface area contributed by atoms with Crippen molar-refractivity contribution in [2.45, 2.75) is 61.9 Å². The molecule has 1 atom stereocenters. The maximum atomic E-state index is 15.0. The lowest BCUT2D eigenvalue weighted by Crippen LogP contribution is -2.62. The van der Waals surface area contributed by atoms with Gasteiger partial charge in [0.1, 0.15) is 30.5 Å². The number of aliphatic hydroxyl groups is 1. The van der Waals surface area contributed by atoms with Gasteiger partial charge in [0.05, 0.1) is 48.7 Å². The zero-order valence-corrected chi connectivity index (χ0v) is 19.6. The van der Waals surface area contributed by atoms with Gasteiger partial charge in [0.25, 0.3) is 11.4 Å². The number of pyridine rings is 2. The molecule has 0 radical (unpaired) electrons. The molecule has 7 heterocycles. The first-order valence-electron chi connectivity index (χ1n) is 12.3. The number of hydrogen-bond donors (Lipinski definition) is 2. The van der Waals surface area contributed by atoms with E-state index in [-0.39, 0.29) is 29.6 Å². The molecule has 8 rings (SSSR count). The number of rotatable bonds is 5. The van der Waals surface area contributed by atoms with Crippen molar-refractivity contribution >= 4 is 11.0 Å². The van der Waals surface area contributed by atoms with Crippen LogP contribution in [-0.4, -0.2) is 55.6 Å². The second-order valence-electron chi connectivity index (χ2n) is 10.4. The highest BCUT2D eigenvalue weighted by Crippen LogP contribution is 2.51. The zero-order chi connectivity index (χ0) is 24.5. The van der Waals surface area contributed by atoms with Gasteiger partial charge in [0, 0.05) is 23.6 Å². The number of fused-ring (bicyclic) bond motifs is 4. The summed E-state index contributed by atoms with van der Waals surface area (Å²) in [5, 5.41) is 15.3. The van der Waals surface area contributed by atoms with E-state index in [0.29, 0.717) is 67.7 Å². The van der Waals surface area contributed by atoms with E-state index in [0.717, 1.165) is 19.0 Å². The number of hydrogen-bond acceptors (Lipinski definition) is 9. The van der Waals surface area contributed by atoms with Crippen LogP contribution in [0.2, 0.25) is 0 Å². The lowest BCUT2D eigenvalue weighted by molar-refractivity contribution is -0.192. The number of aromatic nitrogens is 4. The van der Waals surface area contributed by atoms with E-state index in [1.807, 2.05) is 0 Å². The fraction of sp³-hybridized carbons (Fsp3) is 0.520. The van der Waals surface area contributed by atoms with Gasteiger partial charge in [-0.3, -0.25) is 9.78 Å². The largest absolute Gasteiger partial charge is 0.483 e. The van der Waals surface area contributed by atoms with Crippen LogP contribution in [0.15, 0.2) is 29.3 Å². The Bertz CT molecular complexity index is 1420. The van der Waals surface area contributed by atoms with Crippen molar-refractivity contribution < 1.29 is 23.7 Å². The maximum Gasteiger partial charge on any atom is 0.260 e. The highest BCUT2D eigenvalue weighted by molar-refractivity contribution is 5.81. The lowest BCUT2D eigenvalue weighted by Gasteiger charge is -2.55. The van der Waals surface area contributed by atoms with Crippen molar-refractivity contribution in [3.8, 4) is 11.6 Å². The van der Waals surface area contributed by atoms with E-state index in [4.69, 9.17) is 14.2 Å². The smallest absolute Gasteiger partial charge is 0.260 e. The Morgan fingerprint density at radius 2 is 1.94 bits per heavy atom. The molecule has 5 aliphatic rings. The van der Waals surface area contributed by atoms with Gasteiger partial charge < -0.3 is 29.2 Å². The first-order chi connectivity index (χ1) is 17.4. The van der Waals surface area contributed by atoms with Crippen LogP contribution < -0.4 is 20.3 Å². The monoisotopic (exact) mass is 495 g/mol. The first-order valence-corrected chi connectivity index (χ1v) is 12.3. The molecule has 2 N–H and O–H groups in total. The molecule has 4 aliphatic heterocycles. The molecule has 3 fully saturated rings. The van der Waals surface area contributed by atoms with Crippen LogP contribution in [0, 0.1) is 5.82 Å². The van der Waals surface area contributed by atoms with Crippen LogP contribution in [0.3, 0.4) is 0 Å². The Hall–Kier alpha value is -3.15. The average Bonchev–Trinajstić information content (AvgIpc) is 3.21. The second-order valence-corrected chi connectivity index (χ2v) is 10.4. The fourth-order valence-corrected chi connectivity index (χ4v) is 6.31. The molecule has 188 valence electrons. The third-order valence-corrected chi connectivity index (χ3v) is 8.20. The van der Waals surface area contributed by atoms with Gasteiger partial charge in [-0.15, -0.1) is 0 Å². The van der Waals surface area contributed by atoms with Gasteiger partial charge in [0.15, 0.2) is 5.75 Å². The van der Waals surface area contributed by atoms with Gasteiger partial charge in [0.2, 0.25) is 0 Å². The molecule has 0 spiro atoms. The molecule has 10 nitrogen and oxygen atoms in total. The molecule has 2 saturated heterocycles. The summed E-state index contributed by atoms with van der Waals surface area (Å²) in [5.74, 6) is 1.05. The third-order valence-electron chi connectivity index (χ3n) is 8.20. The summed E-state index contributed by atoms with van der Waals surface area (Å²) >= 11 is 0. The zero-order valence-electron chi connectivity index (χ0n) is 19.6. The first kappa shape index (κ1) is 22.1. The van der Waals surface area contributed by atoms with Gasteiger partial charge in [-0.1, -0.05) is 0 Å². The molecule has 1 saturated carbocycles.